The lowest BCUT2D eigenvalue weighted by atomic mass is 10.2. The predicted molar refractivity (Wildman–Crippen MR) is 110 cm³/mol. The highest BCUT2D eigenvalue weighted by Crippen LogP contribution is 2.34. The number of benzene rings is 2. The van der Waals surface area contributed by atoms with Crippen molar-refractivity contribution in [1.82, 2.24) is 9.13 Å². The van der Waals surface area contributed by atoms with Gasteiger partial charge in [0.25, 0.3) is 5.56 Å². The molecule has 3 aromatic rings. The Hall–Kier alpha value is -3.59. The molecule has 1 aromatic heterocycles. The van der Waals surface area contributed by atoms with Gasteiger partial charge < -0.3 is 19.5 Å². The molecule has 9 heteroatoms. The van der Waals surface area contributed by atoms with Gasteiger partial charge in [-0.15, -0.1) is 0 Å². The van der Waals surface area contributed by atoms with Gasteiger partial charge in [-0.25, -0.2) is 4.79 Å². The van der Waals surface area contributed by atoms with Crippen molar-refractivity contribution in [3.05, 3.63) is 63.3 Å². The lowest BCUT2D eigenvalue weighted by Gasteiger charge is -2.14. The number of carbonyl (C=O) groups excluding carboxylic acids is 1. The van der Waals surface area contributed by atoms with Gasteiger partial charge in [-0.2, -0.15) is 0 Å². The largest absolute Gasteiger partial charge is 0.454 e. The number of nitrogens with zero attached hydrogens (tertiary/aromatic N) is 2. The van der Waals surface area contributed by atoms with Crippen molar-refractivity contribution >= 4 is 22.5 Å². The number of anilines is 1. The second kappa shape index (κ2) is 8.42. The Bertz CT molecular complexity index is 1210. The number of carbonyl (C=O) groups is 1. The van der Waals surface area contributed by atoms with Gasteiger partial charge in [0.1, 0.15) is 6.54 Å². The molecule has 0 saturated carbocycles. The van der Waals surface area contributed by atoms with Crippen molar-refractivity contribution in [3.8, 4) is 11.5 Å². The van der Waals surface area contributed by atoms with Gasteiger partial charge in [0.15, 0.2) is 11.5 Å². The van der Waals surface area contributed by atoms with Crippen LogP contribution >= 0.6 is 0 Å². The number of ether oxygens (including phenoxy) is 3. The summed E-state index contributed by atoms with van der Waals surface area (Å²) >= 11 is 0. The normalized spacial score (nSPS) is 12.3. The molecule has 1 N–H and O–H groups in total. The molecule has 1 aliphatic rings. The predicted octanol–water partition coefficient (Wildman–Crippen LogP) is 1.57. The van der Waals surface area contributed by atoms with Gasteiger partial charge in [-0.3, -0.25) is 18.7 Å². The van der Waals surface area contributed by atoms with Crippen LogP contribution in [0.3, 0.4) is 0 Å². The number of hydrogen-bond donors (Lipinski definition) is 1. The van der Waals surface area contributed by atoms with E-state index in [1.54, 1.807) is 49.6 Å². The van der Waals surface area contributed by atoms with Crippen molar-refractivity contribution in [3.63, 3.8) is 0 Å². The van der Waals surface area contributed by atoms with Crippen LogP contribution in [0.4, 0.5) is 5.69 Å². The zero-order chi connectivity index (χ0) is 21.1. The third-order valence-electron chi connectivity index (χ3n) is 4.82. The van der Waals surface area contributed by atoms with E-state index in [-0.39, 0.29) is 25.4 Å². The number of aromatic nitrogens is 2. The summed E-state index contributed by atoms with van der Waals surface area (Å²) in [5, 5.41) is 3.14. The highest BCUT2D eigenvalue weighted by molar-refractivity contribution is 5.92. The Morgan fingerprint density at radius 1 is 1.10 bits per heavy atom. The van der Waals surface area contributed by atoms with Gasteiger partial charge >= 0.3 is 5.69 Å². The molecule has 4 rings (SSSR count). The Morgan fingerprint density at radius 2 is 1.90 bits per heavy atom. The Balaban J connectivity index is 1.65. The molecule has 30 heavy (non-hydrogen) atoms. The van der Waals surface area contributed by atoms with Crippen molar-refractivity contribution in [2.24, 2.45) is 0 Å². The summed E-state index contributed by atoms with van der Waals surface area (Å²) in [7, 11) is 1.56. The Kier molecular flexibility index (Phi) is 5.53. The van der Waals surface area contributed by atoms with Crippen LogP contribution in [0.5, 0.6) is 11.5 Å². The molecular formula is C21H21N3O6. The van der Waals surface area contributed by atoms with E-state index in [1.165, 1.54) is 4.57 Å². The monoisotopic (exact) mass is 411 g/mol. The number of hydrogen-bond acceptors (Lipinski definition) is 6. The van der Waals surface area contributed by atoms with Crippen LogP contribution in [0.15, 0.2) is 52.1 Å². The number of fused-ring (bicyclic) bond motifs is 2. The molecule has 0 atom stereocenters. The van der Waals surface area contributed by atoms with Crippen LogP contribution < -0.4 is 26.0 Å². The SMILES string of the molecule is COCCCn1c(=O)c2ccccc2n(CC(=O)Nc2ccc3c(c2)OCO3)c1=O. The van der Waals surface area contributed by atoms with Crippen molar-refractivity contribution in [1.29, 1.82) is 0 Å². The molecule has 0 saturated heterocycles. The fraction of sp³-hybridized carbons (Fsp3) is 0.286. The first-order chi connectivity index (χ1) is 14.6. The zero-order valence-electron chi connectivity index (χ0n) is 16.4. The van der Waals surface area contributed by atoms with Crippen molar-refractivity contribution in [2.75, 3.05) is 25.8 Å². The highest BCUT2D eigenvalue weighted by Gasteiger charge is 2.17. The van der Waals surface area contributed by atoms with Gasteiger partial charge in [0.05, 0.1) is 10.9 Å². The van der Waals surface area contributed by atoms with E-state index in [2.05, 4.69) is 5.32 Å². The molecule has 0 unspecified atom stereocenters. The van der Waals surface area contributed by atoms with Crippen LogP contribution in [0, 0.1) is 0 Å². The zero-order valence-corrected chi connectivity index (χ0v) is 16.4. The number of methoxy groups -OCH3 is 1. The molecule has 1 amide bonds. The van der Waals surface area contributed by atoms with Gasteiger partial charge in [-0.1, -0.05) is 12.1 Å². The number of para-hydroxylation sites is 1. The van der Waals surface area contributed by atoms with Crippen molar-refractivity contribution < 1.29 is 19.0 Å². The first-order valence-corrected chi connectivity index (χ1v) is 9.49. The van der Waals surface area contributed by atoms with Crippen LogP contribution in [-0.4, -0.2) is 35.6 Å². The topological polar surface area (TPSA) is 101 Å². The van der Waals surface area contributed by atoms with E-state index in [4.69, 9.17) is 14.2 Å². The third-order valence-corrected chi connectivity index (χ3v) is 4.82. The summed E-state index contributed by atoms with van der Waals surface area (Å²) < 4.78 is 18.1. The molecule has 2 heterocycles. The number of amides is 1. The molecule has 2 aromatic carbocycles. The molecule has 0 aliphatic carbocycles. The standard InChI is InChI=1S/C21H21N3O6/c1-28-10-4-9-23-20(26)15-5-2-3-6-16(15)24(21(23)27)12-19(25)22-14-7-8-17-18(11-14)30-13-29-17/h2-3,5-8,11H,4,9-10,12-13H2,1H3,(H,22,25). The van der Waals surface area contributed by atoms with E-state index in [9.17, 15) is 14.4 Å². The Morgan fingerprint density at radius 3 is 2.73 bits per heavy atom. The smallest absolute Gasteiger partial charge is 0.331 e. The van der Waals surface area contributed by atoms with Gasteiger partial charge in [0, 0.05) is 32.0 Å². The fourth-order valence-electron chi connectivity index (χ4n) is 3.41. The maximum atomic E-state index is 13.0. The molecule has 0 spiro atoms. The summed E-state index contributed by atoms with van der Waals surface area (Å²) in [5.41, 5.74) is 0.0288. The molecule has 0 fully saturated rings. The first-order valence-electron chi connectivity index (χ1n) is 9.49. The minimum Gasteiger partial charge on any atom is -0.454 e. The molecule has 9 nitrogen and oxygen atoms in total. The van der Waals surface area contributed by atoms with Crippen LogP contribution in [-0.2, 0) is 22.6 Å². The maximum absolute atomic E-state index is 13.0. The van der Waals surface area contributed by atoms with Crippen LogP contribution in [0.1, 0.15) is 6.42 Å². The minimum absolute atomic E-state index is 0.138. The third kappa shape index (κ3) is 3.79. The highest BCUT2D eigenvalue weighted by atomic mass is 16.7. The van der Waals surface area contributed by atoms with Crippen LogP contribution in [0.25, 0.3) is 10.9 Å². The average Bonchev–Trinajstić information content (AvgIpc) is 3.21. The fourth-order valence-corrected chi connectivity index (χ4v) is 3.41. The summed E-state index contributed by atoms with van der Waals surface area (Å²) in [6.07, 6.45) is 0.507. The lowest BCUT2D eigenvalue weighted by molar-refractivity contribution is -0.116. The van der Waals surface area contributed by atoms with Gasteiger partial charge in [0.2, 0.25) is 12.7 Å². The summed E-state index contributed by atoms with van der Waals surface area (Å²) in [6.45, 7) is 0.528. The number of rotatable bonds is 7. The maximum Gasteiger partial charge on any atom is 0.331 e. The number of nitrogens with one attached hydrogen (secondary N) is 1. The van der Waals surface area contributed by atoms with Crippen LogP contribution in [0.2, 0.25) is 0 Å². The molecule has 1 aliphatic heterocycles. The van der Waals surface area contributed by atoms with E-state index in [1.807, 2.05) is 0 Å². The van der Waals surface area contributed by atoms with E-state index in [0.717, 1.165) is 4.57 Å². The lowest BCUT2D eigenvalue weighted by Crippen LogP contribution is -2.42. The average molecular weight is 411 g/mol. The van der Waals surface area contributed by atoms with Crippen molar-refractivity contribution in [2.45, 2.75) is 19.5 Å². The molecule has 156 valence electrons. The van der Waals surface area contributed by atoms with E-state index < -0.39 is 11.6 Å². The molecular weight excluding hydrogens is 390 g/mol. The summed E-state index contributed by atoms with van der Waals surface area (Å²) in [4.78, 5) is 38.5. The van der Waals surface area contributed by atoms with E-state index >= 15 is 0 Å². The molecule has 0 bridgehead atoms. The summed E-state index contributed by atoms with van der Waals surface area (Å²) in [5.74, 6) is 0.753. The Labute approximate surface area is 171 Å². The summed E-state index contributed by atoms with van der Waals surface area (Å²) in [6, 6.07) is 11.8. The minimum atomic E-state index is -0.532. The second-order valence-corrected chi connectivity index (χ2v) is 6.81. The second-order valence-electron chi connectivity index (χ2n) is 6.81. The van der Waals surface area contributed by atoms with Gasteiger partial charge in [-0.05, 0) is 30.7 Å². The quantitative estimate of drug-likeness (QED) is 0.593. The molecule has 0 radical (unpaired) electrons. The first kappa shape index (κ1) is 19.7. The van der Waals surface area contributed by atoms with E-state index in [0.29, 0.717) is 41.1 Å².